The first-order valence-electron chi connectivity index (χ1n) is 8.48. The van der Waals surface area contributed by atoms with E-state index in [0.29, 0.717) is 11.5 Å². The lowest BCUT2D eigenvalue weighted by atomic mass is 10.2. The molecule has 1 N–H and O–H groups in total. The van der Waals surface area contributed by atoms with Crippen LogP contribution in [0.4, 0.5) is 11.4 Å². The smallest absolute Gasteiger partial charge is 0.248 e. The molecule has 0 atom stereocenters. The summed E-state index contributed by atoms with van der Waals surface area (Å²) < 4.78 is 5.59. The van der Waals surface area contributed by atoms with Crippen LogP contribution in [0.3, 0.4) is 0 Å². The van der Waals surface area contributed by atoms with Gasteiger partial charge in [0.1, 0.15) is 5.52 Å². The molecule has 2 aromatic carbocycles. The fourth-order valence-electron chi connectivity index (χ4n) is 3.10. The fraction of sp³-hybridized carbons (Fsp3) is 0.200. The number of benzene rings is 2. The largest absolute Gasteiger partial charge is 0.437 e. The number of nitrogens with zero attached hydrogens (tertiary/aromatic N) is 2. The molecular weight excluding hydrogens is 314 g/mol. The molecule has 0 unspecified atom stereocenters. The van der Waals surface area contributed by atoms with E-state index in [9.17, 15) is 4.79 Å². The minimum absolute atomic E-state index is 0.200. The Bertz CT molecular complexity index is 890. The van der Waals surface area contributed by atoms with Crippen LogP contribution in [0.15, 0.2) is 59.0 Å². The van der Waals surface area contributed by atoms with E-state index in [4.69, 9.17) is 4.42 Å². The summed E-state index contributed by atoms with van der Waals surface area (Å²) in [5, 5.41) is 2.95. The quantitative estimate of drug-likeness (QED) is 0.731. The minimum atomic E-state index is -0.200. The van der Waals surface area contributed by atoms with Crippen LogP contribution >= 0.6 is 0 Å². The standard InChI is InChI=1S/C20H19N3O2/c24-19(11-12-20-22-16-8-2-4-10-18(16)25-20)21-15-7-1-3-9-17(15)23-13-5-6-14-23/h1-4,7-12H,5-6,13-14H2,(H,21,24)/b12-11+. The van der Waals surface area contributed by atoms with E-state index in [-0.39, 0.29) is 5.91 Å². The Morgan fingerprint density at radius 2 is 1.84 bits per heavy atom. The van der Waals surface area contributed by atoms with Gasteiger partial charge in [0.25, 0.3) is 0 Å². The molecule has 0 radical (unpaired) electrons. The van der Waals surface area contributed by atoms with Gasteiger partial charge in [-0.1, -0.05) is 24.3 Å². The number of nitrogens with one attached hydrogen (secondary N) is 1. The van der Waals surface area contributed by atoms with Crippen molar-refractivity contribution in [2.45, 2.75) is 12.8 Å². The predicted octanol–water partition coefficient (Wildman–Crippen LogP) is 4.08. The Hall–Kier alpha value is -3.08. The average molecular weight is 333 g/mol. The summed E-state index contributed by atoms with van der Waals surface area (Å²) in [6, 6.07) is 15.4. The van der Waals surface area contributed by atoms with E-state index in [1.807, 2.05) is 48.5 Å². The van der Waals surface area contributed by atoms with Gasteiger partial charge in [0.15, 0.2) is 5.58 Å². The van der Waals surface area contributed by atoms with E-state index in [2.05, 4.69) is 15.2 Å². The number of fused-ring (bicyclic) bond motifs is 1. The third-order valence-corrected chi connectivity index (χ3v) is 4.30. The molecule has 1 amide bonds. The molecule has 1 aliphatic rings. The van der Waals surface area contributed by atoms with Crippen LogP contribution in [-0.4, -0.2) is 24.0 Å². The second-order valence-electron chi connectivity index (χ2n) is 6.05. The van der Waals surface area contributed by atoms with E-state index < -0.39 is 0 Å². The molecule has 0 spiro atoms. The molecule has 2 heterocycles. The molecule has 0 aliphatic carbocycles. The van der Waals surface area contributed by atoms with Crippen LogP contribution in [0.25, 0.3) is 17.2 Å². The van der Waals surface area contributed by atoms with Crippen LogP contribution in [0.1, 0.15) is 18.7 Å². The van der Waals surface area contributed by atoms with Crippen molar-refractivity contribution in [3.63, 3.8) is 0 Å². The maximum absolute atomic E-state index is 12.3. The number of carbonyl (C=O) groups excluding carboxylic acids is 1. The second-order valence-corrected chi connectivity index (χ2v) is 6.05. The Morgan fingerprint density at radius 3 is 2.68 bits per heavy atom. The Balaban J connectivity index is 1.48. The van der Waals surface area contributed by atoms with Crippen molar-refractivity contribution in [3.05, 3.63) is 60.5 Å². The Kier molecular flexibility index (Phi) is 4.21. The summed E-state index contributed by atoms with van der Waals surface area (Å²) in [5.41, 5.74) is 3.39. The maximum Gasteiger partial charge on any atom is 0.248 e. The lowest BCUT2D eigenvalue weighted by molar-refractivity contribution is -0.111. The predicted molar refractivity (Wildman–Crippen MR) is 99.6 cm³/mol. The highest BCUT2D eigenvalue weighted by atomic mass is 16.3. The SMILES string of the molecule is O=C(/C=C/c1nc2ccccc2o1)Nc1ccccc1N1CCCC1. The van der Waals surface area contributed by atoms with Crippen LogP contribution in [-0.2, 0) is 4.79 Å². The van der Waals surface area contributed by atoms with Gasteiger partial charge in [-0.25, -0.2) is 4.98 Å². The molecule has 5 nitrogen and oxygen atoms in total. The zero-order valence-corrected chi connectivity index (χ0v) is 13.8. The number of hydrogen-bond acceptors (Lipinski definition) is 4. The van der Waals surface area contributed by atoms with Gasteiger partial charge in [0.2, 0.25) is 11.8 Å². The highest BCUT2D eigenvalue weighted by Crippen LogP contribution is 2.28. The monoisotopic (exact) mass is 333 g/mol. The highest BCUT2D eigenvalue weighted by molar-refractivity contribution is 6.03. The summed E-state index contributed by atoms with van der Waals surface area (Å²) in [7, 11) is 0. The number of para-hydroxylation sites is 4. The summed E-state index contributed by atoms with van der Waals surface area (Å²) in [4.78, 5) is 18.9. The molecule has 0 bridgehead atoms. The van der Waals surface area contributed by atoms with Crippen molar-refractivity contribution in [1.82, 2.24) is 4.98 Å². The average Bonchev–Trinajstić information content (AvgIpc) is 3.30. The van der Waals surface area contributed by atoms with Crippen molar-refractivity contribution in [2.24, 2.45) is 0 Å². The number of amides is 1. The first-order chi connectivity index (χ1) is 12.3. The molecule has 25 heavy (non-hydrogen) atoms. The molecule has 126 valence electrons. The Labute approximate surface area is 146 Å². The van der Waals surface area contributed by atoms with Crippen LogP contribution in [0.5, 0.6) is 0 Å². The Morgan fingerprint density at radius 1 is 1.08 bits per heavy atom. The number of rotatable bonds is 4. The maximum atomic E-state index is 12.3. The van der Waals surface area contributed by atoms with Gasteiger partial charge >= 0.3 is 0 Å². The fourth-order valence-corrected chi connectivity index (χ4v) is 3.10. The van der Waals surface area contributed by atoms with Crippen LogP contribution < -0.4 is 10.2 Å². The van der Waals surface area contributed by atoms with Gasteiger partial charge in [-0.2, -0.15) is 0 Å². The van der Waals surface area contributed by atoms with Crippen molar-refractivity contribution in [3.8, 4) is 0 Å². The topological polar surface area (TPSA) is 58.4 Å². The molecule has 1 saturated heterocycles. The number of carbonyl (C=O) groups is 1. The lowest BCUT2D eigenvalue weighted by Crippen LogP contribution is -2.20. The third kappa shape index (κ3) is 3.40. The number of oxazole rings is 1. The van der Waals surface area contributed by atoms with Gasteiger partial charge in [0.05, 0.1) is 11.4 Å². The molecule has 3 aromatic rings. The molecule has 4 rings (SSSR count). The van der Waals surface area contributed by atoms with Crippen molar-refractivity contribution < 1.29 is 9.21 Å². The van der Waals surface area contributed by atoms with E-state index in [0.717, 1.165) is 30.0 Å². The normalized spacial score (nSPS) is 14.5. The molecule has 1 aromatic heterocycles. The molecule has 1 fully saturated rings. The van der Waals surface area contributed by atoms with Crippen molar-refractivity contribution in [1.29, 1.82) is 0 Å². The van der Waals surface area contributed by atoms with Crippen molar-refractivity contribution >= 4 is 34.5 Å². The van der Waals surface area contributed by atoms with Crippen LogP contribution in [0.2, 0.25) is 0 Å². The summed E-state index contributed by atoms with van der Waals surface area (Å²) in [5.74, 6) is 0.220. The number of aromatic nitrogens is 1. The zero-order chi connectivity index (χ0) is 17.1. The first kappa shape index (κ1) is 15.4. The molecular formula is C20H19N3O2. The summed E-state index contributed by atoms with van der Waals surface area (Å²) in [6.07, 6.45) is 5.43. The zero-order valence-electron chi connectivity index (χ0n) is 13.8. The number of hydrogen-bond donors (Lipinski definition) is 1. The van der Waals surface area contributed by atoms with Gasteiger partial charge in [-0.15, -0.1) is 0 Å². The first-order valence-corrected chi connectivity index (χ1v) is 8.48. The summed E-state index contributed by atoms with van der Waals surface area (Å²) >= 11 is 0. The highest BCUT2D eigenvalue weighted by Gasteiger charge is 2.16. The molecule has 0 saturated carbocycles. The van der Waals surface area contributed by atoms with E-state index in [1.165, 1.54) is 18.9 Å². The van der Waals surface area contributed by atoms with E-state index in [1.54, 1.807) is 6.08 Å². The third-order valence-electron chi connectivity index (χ3n) is 4.30. The molecule has 5 heteroatoms. The minimum Gasteiger partial charge on any atom is -0.437 e. The lowest BCUT2D eigenvalue weighted by Gasteiger charge is -2.21. The van der Waals surface area contributed by atoms with Gasteiger partial charge in [-0.05, 0) is 37.1 Å². The van der Waals surface area contributed by atoms with Gasteiger partial charge in [-0.3, -0.25) is 4.79 Å². The number of anilines is 2. The van der Waals surface area contributed by atoms with E-state index >= 15 is 0 Å². The second kappa shape index (κ2) is 6.81. The van der Waals surface area contributed by atoms with Crippen molar-refractivity contribution in [2.75, 3.05) is 23.3 Å². The summed E-state index contributed by atoms with van der Waals surface area (Å²) in [6.45, 7) is 2.07. The van der Waals surface area contributed by atoms with Gasteiger partial charge in [0, 0.05) is 25.2 Å². The van der Waals surface area contributed by atoms with Crippen LogP contribution in [0, 0.1) is 0 Å². The molecule has 1 aliphatic heterocycles. The van der Waals surface area contributed by atoms with Gasteiger partial charge < -0.3 is 14.6 Å².